The summed E-state index contributed by atoms with van der Waals surface area (Å²) in [5.41, 5.74) is 0.601. The van der Waals surface area contributed by atoms with Crippen molar-refractivity contribution in [1.29, 1.82) is 0 Å². The predicted molar refractivity (Wildman–Crippen MR) is 61.7 cm³/mol. The third-order valence-corrected chi connectivity index (χ3v) is 3.79. The number of hydrogen-bond donors (Lipinski definition) is 1. The second-order valence-corrected chi connectivity index (χ2v) is 5.03. The summed E-state index contributed by atoms with van der Waals surface area (Å²) in [5.74, 6) is -0.110. The zero-order valence-corrected chi connectivity index (χ0v) is 9.36. The van der Waals surface area contributed by atoms with Crippen molar-refractivity contribution < 1.29 is 8.42 Å². The highest BCUT2D eigenvalue weighted by atomic mass is 32.2. The summed E-state index contributed by atoms with van der Waals surface area (Å²) in [6, 6.07) is 6.76. The number of thiocarbonyl (C=S) groups is 1. The summed E-state index contributed by atoms with van der Waals surface area (Å²) in [4.78, 5) is 0.295. The average Bonchev–Trinajstić information content (AvgIpc) is 2.18. The first kappa shape index (κ1) is 11.1. The molecule has 1 aromatic rings. The van der Waals surface area contributed by atoms with Crippen molar-refractivity contribution in [3.63, 3.8) is 0 Å². The summed E-state index contributed by atoms with van der Waals surface area (Å²) in [6.45, 7) is 0. The SMILES string of the molecule is CNc1ccccc1S(=O)(=O)CC=S. The van der Waals surface area contributed by atoms with Crippen molar-refractivity contribution in [3.8, 4) is 0 Å². The van der Waals surface area contributed by atoms with Crippen LogP contribution in [0.4, 0.5) is 5.69 Å². The Labute approximate surface area is 89.1 Å². The van der Waals surface area contributed by atoms with Crippen molar-refractivity contribution in [3.05, 3.63) is 24.3 Å². The maximum Gasteiger partial charge on any atom is 0.184 e. The quantitative estimate of drug-likeness (QED) is 0.795. The second-order valence-electron chi connectivity index (χ2n) is 2.69. The van der Waals surface area contributed by atoms with E-state index in [0.29, 0.717) is 10.6 Å². The van der Waals surface area contributed by atoms with E-state index in [9.17, 15) is 8.42 Å². The van der Waals surface area contributed by atoms with Gasteiger partial charge >= 0.3 is 0 Å². The number of sulfone groups is 1. The van der Waals surface area contributed by atoms with E-state index in [-0.39, 0.29) is 5.75 Å². The molecule has 14 heavy (non-hydrogen) atoms. The standard InChI is InChI=1S/C9H11NO2S2/c1-10-8-4-2-3-5-9(8)14(11,12)7-6-13/h2-6,10H,7H2,1H3. The maximum atomic E-state index is 11.7. The van der Waals surface area contributed by atoms with E-state index >= 15 is 0 Å². The van der Waals surface area contributed by atoms with Crippen LogP contribution in [-0.4, -0.2) is 26.6 Å². The molecule has 76 valence electrons. The lowest BCUT2D eigenvalue weighted by Crippen LogP contribution is -2.09. The van der Waals surface area contributed by atoms with E-state index in [4.69, 9.17) is 0 Å². The molecule has 0 atom stereocenters. The Morgan fingerprint density at radius 2 is 2.07 bits per heavy atom. The van der Waals surface area contributed by atoms with E-state index in [0.717, 1.165) is 0 Å². The Bertz CT molecular complexity index is 426. The normalized spacial score (nSPS) is 10.9. The Balaban J connectivity index is 3.24. The topological polar surface area (TPSA) is 46.2 Å². The monoisotopic (exact) mass is 229 g/mol. The lowest BCUT2D eigenvalue weighted by atomic mass is 10.3. The van der Waals surface area contributed by atoms with Crippen LogP contribution in [0, 0.1) is 0 Å². The van der Waals surface area contributed by atoms with Gasteiger partial charge in [-0.25, -0.2) is 8.42 Å². The highest BCUT2D eigenvalue weighted by Gasteiger charge is 2.15. The number of rotatable bonds is 4. The number of nitrogens with one attached hydrogen (secondary N) is 1. The van der Waals surface area contributed by atoms with Crippen LogP contribution in [0.25, 0.3) is 0 Å². The number of benzene rings is 1. The first-order valence-electron chi connectivity index (χ1n) is 4.05. The Morgan fingerprint density at radius 1 is 1.43 bits per heavy atom. The molecule has 3 nitrogen and oxygen atoms in total. The molecule has 0 spiro atoms. The van der Waals surface area contributed by atoms with Crippen LogP contribution >= 0.6 is 12.2 Å². The van der Waals surface area contributed by atoms with Crippen LogP contribution in [0.5, 0.6) is 0 Å². The molecule has 0 aliphatic carbocycles. The van der Waals surface area contributed by atoms with Gasteiger partial charge in [0.05, 0.1) is 16.3 Å². The molecule has 0 aliphatic rings. The fourth-order valence-electron chi connectivity index (χ4n) is 1.12. The van der Waals surface area contributed by atoms with Gasteiger partial charge in [-0.2, -0.15) is 0 Å². The Hall–Kier alpha value is -0.940. The fraction of sp³-hybridized carbons (Fsp3) is 0.222. The van der Waals surface area contributed by atoms with Gasteiger partial charge in [0.1, 0.15) is 0 Å². The molecule has 5 heteroatoms. The minimum Gasteiger partial charge on any atom is -0.387 e. The molecule has 0 aliphatic heterocycles. The van der Waals surface area contributed by atoms with Crippen LogP contribution < -0.4 is 5.32 Å². The highest BCUT2D eigenvalue weighted by Crippen LogP contribution is 2.20. The molecular weight excluding hydrogens is 218 g/mol. The number of hydrogen-bond acceptors (Lipinski definition) is 4. The summed E-state index contributed by atoms with van der Waals surface area (Å²) in [7, 11) is -1.59. The molecule has 1 N–H and O–H groups in total. The zero-order valence-electron chi connectivity index (χ0n) is 7.73. The predicted octanol–water partition coefficient (Wildman–Crippen LogP) is 1.50. The van der Waals surface area contributed by atoms with Crippen molar-refractivity contribution in [2.45, 2.75) is 4.90 Å². The van der Waals surface area contributed by atoms with E-state index < -0.39 is 9.84 Å². The lowest BCUT2D eigenvalue weighted by molar-refractivity contribution is 0.600. The third-order valence-electron chi connectivity index (χ3n) is 1.78. The third kappa shape index (κ3) is 2.30. The van der Waals surface area contributed by atoms with Crippen LogP contribution in [0.15, 0.2) is 29.2 Å². The Kier molecular flexibility index (Phi) is 3.60. The van der Waals surface area contributed by atoms with Gasteiger partial charge in [0.15, 0.2) is 9.84 Å². The van der Waals surface area contributed by atoms with Crippen molar-refractivity contribution in [1.82, 2.24) is 0 Å². The molecule has 0 radical (unpaired) electrons. The fourth-order valence-corrected chi connectivity index (χ4v) is 2.81. The lowest BCUT2D eigenvalue weighted by Gasteiger charge is -2.07. The molecule has 0 unspecified atom stereocenters. The van der Waals surface area contributed by atoms with Gasteiger partial charge in [0.25, 0.3) is 0 Å². The summed E-state index contributed by atoms with van der Waals surface area (Å²) < 4.78 is 23.3. The smallest absolute Gasteiger partial charge is 0.184 e. The van der Waals surface area contributed by atoms with E-state index in [2.05, 4.69) is 17.5 Å². The van der Waals surface area contributed by atoms with Gasteiger partial charge in [-0.1, -0.05) is 24.4 Å². The van der Waals surface area contributed by atoms with Gasteiger partial charge in [-0.15, -0.1) is 0 Å². The molecule has 0 bridgehead atoms. The first-order chi connectivity index (χ1) is 6.61. The Morgan fingerprint density at radius 3 is 2.64 bits per heavy atom. The molecule has 1 rings (SSSR count). The largest absolute Gasteiger partial charge is 0.387 e. The highest BCUT2D eigenvalue weighted by molar-refractivity contribution is 7.93. The van der Waals surface area contributed by atoms with Crippen LogP contribution in [-0.2, 0) is 9.84 Å². The molecule has 0 saturated carbocycles. The van der Waals surface area contributed by atoms with Crippen LogP contribution in [0.1, 0.15) is 0 Å². The van der Waals surface area contributed by atoms with Gasteiger partial charge in [0.2, 0.25) is 0 Å². The summed E-state index contributed by atoms with van der Waals surface area (Å²) in [6.07, 6.45) is 0. The summed E-state index contributed by atoms with van der Waals surface area (Å²) in [5, 5.41) is 4.06. The molecule has 0 amide bonds. The minimum absolute atomic E-state index is 0.110. The van der Waals surface area contributed by atoms with Crippen LogP contribution in [0.2, 0.25) is 0 Å². The molecule has 0 aromatic heterocycles. The summed E-state index contributed by atoms with van der Waals surface area (Å²) >= 11 is 4.56. The van der Waals surface area contributed by atoms with Crippen molar-refractivity contribution in [2.75, 3.05) is 18.1 Å². The van der Waals surface area contributed by atoms with E-state index in [1.54, 1.807) is 31.3 Å². The number of para-hydroxylation sites is 1. The van der Waals surface area contributed by atoms with Gasteiger partial charge < -0.3 is 5.32 Å². The van der Waals surface area contributed by atoms with Crippen molar-refractivity contribution in [2.24, 2.45) is 0 Å². The number of anilines is 1. The zero-order chi connectivity index (χ0) is 10.6. The first-order valence-corrected chi connectivity index (χ1v) is 6.17. The minimum atomic E-state index is -3.28. The molecule has 1 aromatic carbocycles. The van der Waals surface area contributed by atoms with Gasteiger partial charge in [-0.05, 0) is 17.5 Å². The van der Waals surface area contributed by atoms with Crippen molar-refractivity contribution >= 4 is 33.1 Å². The van der Waals surface area contributed by atoms with Gasteiger partial charge in [-0.3, -0.25) is 0 Å². The molecule has 0 fully saturated rings. The van der Waals surface area contributed by atoms with E-state index in [1.807, 2.05) is 0 Å². The van der Waals surface area contributed by atoms with E-state index in [1.165, 1.54) is 5.37 Å². The average molecular weight is 229 g/mol. The van der Waals surface area contributed by atoms with Crippen LogP contribution in [0.3, 0.4) is 0 Å². The molecular formula is C9H11NO2S2. The maximum absolute atomic E-state index is 11.7. The molecule has 0 saturated heterocycles. The van der Waals surface area contributed by atoms with Gasteiger partial charge in [0, 0.05) is 7.05 Å². The second kappa shape index (κ2) is 4.52. The molecule has 0 heterocycles.